The number of alkyl halides is 3. The molecule has 5 heteroatoms. The summed E-state index contributed by atoms with van der Waals surface area (Å²) < 4.78 is 37.9. The zero-order valence-corrected chi connectivity index (χ0v) is 9.29. The molecule has 1 aromatic carbocycles. The maximum absolute atomic E-state index is 12.6. The summed E-state index contributed by atoms with van der Waals surface area (Å²) in [5.41, 5.74) is -1.47. The standard InChI is InChI=1S/C12H13F3O2/c1-2-5-10(16)11(17)8-6-3-4-7-9(8)12(13,14)15/h3-4,6-7,10,16H,2,5H2,1H3. The van der Waals surface area contributed by atoms with Gasteiger partial charge < -0.3 is 5.11 Å². The van der Waals surface area contributed by atoms with Crippen LogP contribution in [0.5, 0.6) is 0 Å². The predicted molar refractivity (Wildman–Crippen MR) is 56.7 cm³/mol. The van der Waals surface area contributed by atoms with Gasteiger partial charge in [-0.25, -0.2) is 0 Å². The predicted octanol–water partition coefficient (Wildman–Crippen LogP) is 3.05. The van der Waals surface area contributed by atoms with E-state index in [0.717, 1.165) is 12.1 Å². The molecule has 0 fully saturated rings. The first-order valence-corrected chi connectivity index (χ1v) is 5.26. The second-order valence-electron chi connectivity index (χ2n) is 3.71. The number of ketones is 1. The first-order chi connectivity index (χ1) is 7.88. The van der Waals surface area contributed by atoms with Crippen molar-refractivity contribution in [2.45, 2.75) is 32.0 Å². The molecule has 1 atom stereocenters. The van der Waals surface area contributed by atoms with Crippen LogP contribution in [-0.4, -0.2) is 17.0 Å². The van der Waals surface area contributed by atoms with Gasteiger partial charge in [-0.05, 0) is 12.5 Å². The van der Waals surface area contributed by atoms with Crippen molar-refractivity contribution in [3.05, 3.63) is 35.4 Å². The van der Waals surface area contributed by atoms with Crippen LogP contribution >= 0.6 is 0 Å². The van der Waals surface area contributed by atoms with Gasteiger partial charge in [-0.2, -0.15) is 13.2 Å². The molecule has 17 heavy (non-hydrogen) atoms. The van der Waals surface area contributed by atoms with E-state index in [0.29, 0.717) is 6.42 Å². The Balaban J connectivity index is 3.10. The Labute approximate surface area is 97.1 Å². The van der Waals surface area contributed by atoms with Crippen molar-refractivity contribution in [1.29, 1.82) is 0 Å². The average Bonchev–Trinajstić information content (AvgIpc) is 2.27. The van der Waals surface area contributed by atoms with E-state index in [-0.39, 0.29) is 6.42 Å². The van der Waals surface area contributed by atoms with E-state index in [1.165, 1.54) is 12.1 Å². The molecule has 1 aromatic rings. The van der Waals surface area contributed by atoms with Crippen LogP contribution in [0, 0.1) is 0 Å². The van der Waals surface area contributed by atoms with E-state index in [4.69, 9.17) is 0 Å². The lowest BCUT2D eigenvalue weighted by Gasteiger charge is -2.14. The summed E-state index contributed by atoms with van der Waals surface area (Å²) in [6.07, 6.45) is -5.27. The number of rotatable bonds is 4. The molecule has 2 nitrogen and oxygen atoms in total. The van der Waals surface area contributed by atoms with E-state index in [1.807, 2.05) is 0 Å². The third-order valence-corrected chi connectivity index (χ3v) is 2.36. The molecule has 0 saturated heterocycles. The highest BCUT2D eigenvalue weighted by Gasteiger charge is 2.35. The maximum atomic E-state index is 12.6. The van der Waals surface area contributed by atoms with Crippen molar-refractivity contribution >= 4 is 5.78 Å². The van der Waals surface area contributed by atoms with Crippen molar-refractivity contribution in [2.24, 2.45) is 0 Å². The summed E-state index contributed by atoms with van der Waals surface area (Å²) in [6.45, 7) is 1.74. The smallest absolute Gasteiger partial charge is 0.385 e. The van der Waals surface area contributed by atoms with Crippen molar-refractivity contribution in [1.82, 2.24) is 0 Å². The van der Waals surface area contributed by atoms with Crippen LogP contribution in [0.2, 0.25) is 0 Å². The molecule has 1 rings (SSSR count). The SMILES string of the molecule is CCCC(O)C(=O)c1ccccc1C(F)(F)F. The maximum Gasteiger partial charge on any atom is 0.417 e. The molecule has 0 amide bonds. The number of Topliss-reactive ketones (excluding diaryl/α,β-unsaturated/α-hetero) is 1. The fourth-order valence-corrected chi connectivity index (χ4v) is 1.53. The molecule has 0 aliphatic carbocycles. The number of aliphatic hydroxyl groups is 1. The van der Waals surface area contributed by atoms with Gasteiger partial charge in [0.15, 0.2) is 5.78 Å². The molecular weight excluding hydrogens is 233 g/mol. The lowest BCUT2D eigenvalue weighted by atomic mass is 9.98. The van der Waals surface area contributed by atoms with Crippen molar-refractivity contribution in [2.75, 3.05) is 0 Å². The highest BCUT2D eigenvalue weighted by atomic mass is 19.4. The van der Waals surface area contributed by atoms with Crippen LogP contribution in [0.15, 0.2) is 24.3 Å². The Hall–Kier alpha value is -1.36. The average molecular weight is 246 g/mol. The number of hydrogen-bond donors (Lipinski definition) is 1. The molecule has 94 valence electrons. The second kappa shape index (κ2) is 5.31. The van der Waals surface area contributed by atoms with Gasteiger partial charge in [0.05, 0.1) is 5.56 Å². The topological polar surface area (TPSA) is 37.3 Å². The number of aliphatic hydroxyl groups excluding tert-OH is 1. The molecule has 0 heterocycles. The molecule has 0 spiro atoms. The van der Waals surface area contributed by atoms with Gasteiger partial charge in [-0.3, -0.25) is 4.79 Å². The Kier molecular flexibility index (Phi) is 4.28. The molecule has 0 aliphatic rings. The van der Waals surface area contributed by atoms with Gasteiger partial charge >= 0.3 is 6.18 Å². The van der Waals surface area contributed by atoms with Gasteiger partial charge in [-0.15, -0.1) is 0 Å². The first kappa shape index (κ1) is 13.7. The third-order valence-electron chi connectivity index (χ3n) is 2.36. The normalized spacial score (nSPS) is 13.5. The van der Waals surface area contributed by atoms with Crippen molar-refractivity contribution in [3.63, 3.8) is 0 Å². The molecule has 0 radical (unpaired) electrons. The quantitative estimate of drug-likeness (QED) is 0.829. The minimum Gasteiger partial charge on any atom is -0.385 e. The van der Waals surface area contributed by atoms with Gasteiger partial charge in [0.1, 0.15) is 6.10 Å². The number of benzene rings is 1. The lowest BCUT2D eigenvalue weighted by Crippen LogP contribution is -2.23. The Morgan fingerprint density at radius 3 is 2.47 bits per heavy atom. The largest absolute Gasteiger partial charge is 0.417 e. The summed E-state index contributed by atoms with van der Waals surface area (Å²) in [5, 5.41) is 9.44. The number of carbonyl (C=O) groups is 1. The van der Waals surface area contributed by atoms with Crippen molar-refractivity contribution in [3.8, 4) is 0 Å². The highest BCUT2D eigenvalue weighted by Crippen LogP contribution is 2.32. The molecule has 0 saturated carbocycles. The van der Waals surface area contributed by atoms with Crippen LogP contribution in [-0.2, 0) is 6.18 Å². The minimum atomic E-state index is -4.59. The number of hydrogen-bond acceptors (Lipinski definition) is 2. The van der Waals surface area contributed by atoms with Gasteiger partial charge in [0.2, 0.25) is 0 Å². The zero-order valence-electron chi connectivity index (χ0n) is 9.29. The Morgan fingerprint density at radius 2 is 1.94 bits per heavy atom. The molecule has 1 unspecified atom stereocenters. The van der Waals surface area contributed by atoms with Crippen molar-refractivity contribution < 1.29 is 23.1 Å². The van der Waals surface area contributed by atoms with Crippen LogP contribution in [0.4, 0.5) is 13.2 Å². The van der Waals surface area contributed by atoms with E-state index >= 15 is 0 Å². The summed E-state index contributed by atoms with van der Waals surface area (Å²) >= 11 is 0. The van der Waals surface area contributed by atoms with E-state index in [9.17, 15) is 23.1 Å². The van der Waals surface area contributed by atoms with E-state index in [1.54, 1.807) is 6.92 Å². The fourth-order valence-electron chi connectivity index (χ4n) is 1.53. The summed E-state index contributed by atoms with van der Waals surface area (Å²) in [4.78, 5) is 11.7. The minimum absolute atomic E-state index is 0.158. The van der Waals surface area contributed by atoms with Crippen LogP contribution in [0.3, 0.4) is 0 Å². The fraction of sp³-hybridized carbons (Fsp3) is 0.417. The Bertz CT molecular complexity index is 399. The highest BCUT2D eigenvalue weighted by molar-refractivity contribution is 6.00. The molecule has 0 aliphatic heterocycles. The number of carbonyl (C=O) groups excluding carboxylic acids is 1. The van der Waals surface area contributed by atoms with Crippen LogP contribution in [0.25, 0.3) is 0 Å². The van der Waals surface area contributed by atoms with Gasteiger partial charge in [-0.1, -0.05) is 31.5 Å². The monoisotopic (exact) mass is 246 g/mol. The first-order valence-electron chi connectivity index (χ1n) is 5.26. The van der Waals surface area contributed by atoms with Crippen LogP contribution < -0.4 is 0 Å². The molecular formula is C12H13F3O2. The van der Waals surface area contributed by atoms with Gasteiger partial charge in [0, 0.05) is 5.56 Å². The van der Waals surface area contributed by atoms with E-state index < -0.39 is 29.2 Å². The molecule has 0 aromatic heterocycles. The second-order valence-corrected chi connectivity index (χ2v) is 3.71. The van der Waals surface area contributed by atoms with Crippen LogP contribution in [0.1, 0.15) is 35.7 Å². The lowest BCUT2D eigenvalue weighted by molar-refractivity contribution is -0.138. The Morgan fingerprint density at radius 1 is 1.35 bits per heavy atom. The third kappa shape index (κ3) is 3.30. The summed E-state index contributed by atoms with van der Waals surface area (Å²) in [5.74, 6) is -0.875. The zero-order chi connectivity index (χ0) is 13.1. The van der Waals surface area contributed by atoms with Gasteiger partial charge in [0.25, 0.3) is 0 Å². The molecule has 1 N–H and O–H groups in total. The summed E-state index contributed by atoms with van der Waals surface area (Å²) in [6, 6.07) is 4.49. The van der Waals surface area contributed by atoms with E-state index in [2.05, 4.69) is 0 Å². The number of halogens is 3. The summed E-state index contributed by atoms with van der Waals surface area (Å²) in [7, 11) is 0. The molecule has 0 bridgehead atoms.